The Kier molecular flexibility index (Phi) is 5.80. The molecule has 0 aromatic carbocycles. The molecule has 1 aliphatic carbocycles. The van der Waals surface area contributed by atoms with E-state index in [0.717, 1.165) is 25.7 Å². The predicted molar refractivity (Wildman–Crippen MR) is 64.7 cm³/mol. The lowest BCUT2D eigenvalue weighted by molar-refractivity contribution is -0.145. The molecule has 0 amide bonds. The van der Waals surface area contributed by atoms with Gasteiger partial charge in [-0.1, -0.05) is 30.8 Å². The van der Waals surface area contributed by atoms with Gasteiger partial charge in [0.15, 0.2) is 0 Å². The number of hydrogen-bond acceptors (Lipinski definition) is 3. The van der Waals surface area contributed by atoms with Gasteiger partial charge in [-0.25, -0.2) is 0 Å². The average molecular weight is 240 g/mol. The fourth-order valence-electron chi connectivity index (χ4n) is 2.32. The van der Waals surface area contributed by atoms with Crippen molar-refractivity contribution in [3.8, 4) is 0 Å². The van der Waals surface area contributed by atoms with Crippen LogP contribution in [0.3, 0.4) is 0 Å². The number of azide groups is 1. The molecule has 0 atom stereocenters. The zero-order valence-corrected chi connectivity index (χ0v) is 10.1. The van der Waals surface area contributed by atoms with E-state index in [1.54, 1.807) is 0 Å². The molecule has 0 radical (unpaired) electrons. The molecule has 0 aliphatic heterocycles. The van der Waals surface area contributed by atoms with Gasteiger partial charge < -0.3 is 10.4 Å². The lowest BCUT2D eigenvalue weighted by Crippen LogP contribution is -2.52. The molecule has 0 aromatic rings. The highest BCUT2D eigenvalue weighted by atomic mass is 16.4. The van der Waals surface area contributed by atoms with Crippen LogP contribution in [0.25, 0.3) is 10.4 Å². The Morgan fingerprint density at radius 1 is 1.35 bits per heavy atom. The largest absolute Gasteiger partial charge is 0.480 e. The zero-order valence-electron chi connectivity index (χ0n) is 10.1. The number of nitrogens with zero attached hydrogens (tertiary/aromatic N) is 3. The highest BCUT2D eigenvalue weighted by Gasteiger charge is 2.37. The number of carboxylic acid groups (broad SMARTS) is 1. The molecule has 1 aliphatic rings. The van der Waals surface area contributed by atoms with Crippen molar-refractivity contribution in [1.29, 1.82) is 0 Å². The molecular formula is C11H20N4O2. The quantitative estimate of drug-likeness (QED) is 0.245. The zero-order chi connectivity index (χ0) is 12.6. The Labute approximate surface area is 101 Å². The number of rotatable bonds is 6. The third kappa shape index (κ3) is 4.24. The van der Waals surface area contributed by atoms with Crippen molar-refractivity contribution in [2.75, 3.05) is 13.1 Å². The Hall–Kier alpha value is -1.26. The molecule has 17 heavy (non-hydrogen) atoms. The Morgan fingerprint density at radius 2 is 2.00 bits per heavy atom. The molecule has 1 fully saturated rings. The molecule has 6 nitrogen and oxygen atoms in total. The summed E-state index contributed by atoms with van der Waals surface area (Å²) in [5.41, 5.74) is 7.38. The predicted octanol–water partition coefficient (Wildman–Crippen LogP) is 2.45. The van der Waals surface area contributed by atoms with E-state index in [1.165, 1.54) is 0 Å². The number of carbonyl (C=O) groups is 1. The summed E-state index contributed by atoms with van der Waals surface area (Å²) < 4.78 is 0. The van der Waals surface area contributed by atoms with Gasteiger partial charge in [0.2, 0.25) is 0 Å². The summed E-state index contributed by atoms with van der Waals surface area (Å²) in [6, 6.07) is 0. The molecule has 6 heteroatoms. The van der Waals surface area contributed by atoms with Gasteiger partial charge >= 0.3 is 5.97 Å². The first-order valence-corrected chi connectivity index (χ1v) is 6.20. The normalized spacial score (nSPS) is 19.1. The molecule has 0 heterocycles. The third-order valence-corrected chi connectivity index (χ3v) is 3.33. The molecule has 0 unspecified atom stereocenters. The van der Waals surface area contributed by atoms with Crippen LogP contribution in [0, 0.1) is 0 Å². The van der Waals surface area contributed by atoms with E-state index in [2.05, 4.69) is 15.3 Å². The minimum absolute atomic E-state index is 0.416. The third-order valence-electron chi connectivity index (χ3n) is 3.33. The fourth-order valence-corrected chi connectivity index (χ4v) is 2.32. The highest BCUT2D eigenvalue weighted by molar-refractivity contribution is 5.78. The summed E-state index contributed by atoms with van der Waals surface area (Å²) >= 11 is 0. The van der Waals surface area contributed by atoms with Crippen LogP contribution in [0.2, 0.25) is 0 Å². The first-order chi connectivity index (χ1) is 8.21. The minimum atomic E-state index is -0.757. The lowest BCUT2D eigenvalue weighted by Gasteiger charge is -2.29. The monoisotopic (exact) mass is 240 g/mol. The van der Waals surface area contributed by atoms with Crippen molar-refractivity contribution >= 4 is 5.97 Å². The number of aliphatic carboxylic acids is 1. The second-order valence-corrected chi connectivity index (χ2v) is 4.54. The van der Waals surface area contributed by atoms with Crippen molar-refractivity contribution in [2.45, 2.75) is 50.5 Å². The minimum Gasteiger partial charge on any atom is -0.480 e. The molecular weight excluding hydrogens is 220 g/mol. The van der Waals surface area contributed by atoms with Crippen LogP contribution in [0.1, 0.15) is 44.9 Å². The van der Waals surface area contributed by atoms with Crippen LogP contribution in [0.4, 0.5) is 0 Å². The van der Waals surface area contributed by atoms with Gasteiger partial charge in [-0.15, -0.1) is 0 Å². The lowest BCUT2D eigenvalue weighted by atomic mass is 9.90. The van der Waals surface area contributed by atoms with Gasteiger partial charge in [0.25, 0.3) is 0 Å². The Balaban J connectivity index is 2.46. The smallest absolute Gasteiger partial charge is 0.323 e. The number of nitrogens with one attached hydrogen (secondary N) is 1. The van der Waals surface area contributed by atoms with Gasteiger partial charge in [-0.2, -0.15) is 0 Å². The van der Waals surface area contributed by atoms with Gasteiger partial charge in [-0.05, 0) is 31.3 Å². The first kappa shape index (κ1) is 13.8. The standard InChI is InChI=1S/C11H20N4O2/c12-15-14-9-5-8-13-11(10(16)17)6-3-1-2-4-7-11/h13H,1-9H2,(H,16,17). The van der Waals surface area contributed by atoms with Gasteiger partial charge in [0.05, 0.1) is 0 Å². The van der Waals surface area contributed by atoms with Crippen LogP contribution < -0.4 is 5.32 Å². The summed E-state index contributed by atoms with van der Waals surface area (Å²) in [6.07, 6.45) is 6.25. The summed E-state index contributed by atoms with van der Waals surface area (Å²) in [4.78, 5) is 14.1. The topological polar surface area (TPSA) is 98.1 Å². The Morgan fingerprint density at radius 3 is 2.53 bits per heavy atom. The molecule has 1 rings (SSSR count). The van der Waals surface area contributed by atoms with E-state index in [0.29, 0.717) is 32.4 Å². The molecule has 0 saturated heterocycles. The number of hydrogen-bond donors (Lipinski definition) is 2. The molecule has 96 valence electrons. The molecule has 1 saturated carbocycles. The first-order valence-electron chi connectivity index (χ1n) is 6.20. The van der Waals surface area contributed by atoms with Crippen molar-refractivity contribution in [3.05, 3.63) is 10.4 Å². The summed E-state index contributed by atoms with van der Waals surface area (Å²) in [5, 5.41) is 16.0. The van der Waals surface area contributed by atoms with E-state index in [9.17, 15) is 9.90 Å². The van der Waals surface area contributed by atoms with E-state index in [1.807, 2.05) is 0 Å². The average Bonchev–Trinajstić information content (AvgIpc) is 2.55. The van der Waals surface area contributed by atoms with Crippen molar-refractivity contribution < 1.29 is 9.90 Å². The highest BCUT2D eigenvalue weighted by Crippen LogP contribution is 2.27. The second kappa shape index (κ2) is 7.14. The van der Waals surface area contributed by atoms with Crippen molar-refractivity contribution in [1.82, 2.24) is 5.32 Å². The van der Waals surface area contributed by atoms with Gasteiger partial charge in [0, 0.05) is 11.5 Å². The van der Waals surface area contributed by atoms with Gasteiger partial charge in [0.1, 0.15) is 5.54 Å². The van der Waals surface area contributed by atoms with Crippen molar-refractivity contribution in [2.24, 2.45) is 5.11 Å². The Bertz CT molecular complexity index is 292. The molecule has 0 spiro atoms. The van der Waals surface area contributed by atoms with Gasteiger partial charge in [-0.3, -0.25) is 4.79 Å². The van der Waals surface area contributed by atoms with Crippen LogP contribution in [0.5, 0.6) is 0 Å². The van der Waals surface area contributed by atoms with E-state index in [4.69, 9.17) is 5.53 Å². The number of carboxylic acids is 1. The summed E-state index contributed by atoms with van der Waals surface area (Å²) in [5.74, 6) is -0.747. The molecule has 2 N–H and O–H groups in total. The van der Waals surface area contributed by atoms with Crippen LogP contribution in [0.15, 0.2) is 5.11 Å². The maximum Gasteiger partial charge on any atom is 0.323 e. The van der Waals surface area contributed by atoms with E-state index < -0.39 is 11.5 Å². The fraction of sp³-hybridized carbons (Fsp3) is 0.909. The maximum atomic E-state index is 11.4. The van der Waals surface area contributed by atoms with E-state index >= 15 is 0 Å². The second-order valence-electron chi connectivity index (χ2n) is 4.54. The van der Waals surface area contributed by atoms with Crippen LogP contribution in [-0.4, -0.2) is 29.7 Å². The van der Waals surface area contributed by atoms with E-state index in [-0.39, 0.29) is 0 Å². The van der Waals surface area contributed by atoms with Crippen LogP contribution in [-0.2, 0) is 4.79 Å². The van der Waals surface area contributed by atoms with Crippen LogP contribution >= 0.6 is 0 Å². The summed E-state index contributed by atoms with van der Waals surface area (Å²) in [7, 11) is 0. The van der Waals surface area contributed by atoms with Crippen molar-refractivity contribution in [3.63, 3.8) is 0 Å². The maximum absolute atomic E-state index is 11.4. The molecule has 0 bridgehead atoms. The molecule has 0 aromatic heterocycles. The SMILES string of the molecule is [N-]=[N+]=NCCCNC1(C(=O)O)CCCCCC1. The summed E-state index contributed by atoms with van der Waals surface area (Å²) in [6.45, 7) is 1.00.